The summed E-state index contributed by atoms with van der Waals surface area (Å²) in [5, 5.41) is 0. The summed E-state index contributed by atoms with van der Waals surface area (Å²) in [5.41, 5.74) is 0.00795. The van der Waals surface area contributed by atoms with Gasteiger partial charge in [0, 0.05) is 6.07 Å². The van der Waals surface area contributed by atoms with E-state index in [4.69, 9.17) is 4.74 Å². The van der Waals surface area contributed by atoms with Gasteiger partial charge in [0.25, 0.3) is 0 Å². The number of allylic oxidation sites excluding steroid dienone is 1. The van der Waals surface area contributed by atoms with Crippen LogP contribution < -0.4 is 18.9 Å². The summed E-state index contributed by atoms with van der Waals surface area (Å²) in [6.45, 7) is -9.57. The van der Waals surface area contributed by atoms with Gasteiger partial charge in [-0.15, -0.1) is 0 Å². The Morgan fingerprint density at radius 2 is 1.43 bits per heavy atom. The summed E-state index contributed by atoms with van der Waals surface area (Å²) in [5.74, 6) is -2.17. The molecule has 162 valence electrons. The highest BCUT2D eigenvalue weighted by molar-refractivity contribution is 6.08. The monoisotopic (exact) mass is 436 g/mol. The molecular weight excluding hydrogens is 422 g/mol. The second-order valence-electron chi connectivity index (χ2n) is 5.40. The maximum Gasteiger partial charge on any atom is 0.387 e. The van der Waals surface area contributed by atoms with Gasteiger partial charge in [0.2, 0.25) is 0 Å². The molecule has 0 saturated carbocycles. The number of hydrogen-bond acceptors (Lipinski definition) is 5. The third-order valence-corrected chi connectivity index (χ3v) is 3.49. The molecule has 2 aromatic rings. The lowest BCUT2D eigenvalue weighted by molar-refractivity contribution is -0.0546. The van der Waals surface area contributed by atoms with Crippen molar-refractivity contribution in [2.45, 2.75) is 19.8 Å². The van der Waals surface area contributed by atoms with Crippen molar-refractivity contribution >= 4 is 11.9 Å². The number of rotatable bonds is 10. The standard InChI is InChI=1S/C19H14F6O5/c1-27-16-8-10(3-7-14(16)29-18(22)23)2-6-13(26)12-5-4-11(28-17(20)21)9-15(12)30-19(24)25/h2-9,17-19H,1H3. The highest BCUT2D eigenvalue weighted by Gasteiger charge is 2.17. The minimum atomic E-state index is -3.31. The van der Waals surface area contributed by atoms with Crippen LogP contribution in [-0.4, -0.2) is 32.7 Å². The van der Waals surface area contributed by atoms with E-state index in [0.717, 1.165) is 24.3 Å². The number of carbonyl (C=O) groups is 1. The molecular formula is C19H14F6O5. The lowest BCUT2D eigenvalue weighted by Gasteiger charge is -2.11. The minimum Gasteiger partial charge on any atom is -0.493 e. The Morgan fingerprint density at radius 1 is 0.800 bits per heavy atom. The molecule has 0 aliphatic rings. The summed E-state index contributed by atoms with van der Waals surface area (Å²) in [6.07, 6.45) is 2.25. The maximum absolute atomic E-state index is 12.6. The Kier molecular flexibility index (Phi) is 7.96. The van der Waals surface area contributed by atoms with Crippen molar-refractivity contribution in [3.63, 3.8) is 0 Å². The number of ketones is 1. The van der Waals surface area contributed by atoms with Gasteiger partial charge in [0.15, 0.2) is 17.3 Å². The average Bonchev–Trinajstić information content (AvgIpc) is 2.65. The molecule has 0 aliphatic carbocycles. The fourth-order valence-corrected chi connectivity index (χ4v) is 2.32. The molecule has 0 bridgehead atoms. The third kappa shape index (κ3) is 6.61. The molecule has 0 radical (unpaired) electrons. The van der Waals surface area contributed by atoms with E-state index < -0.39 is 37.1 Å². The topological polar surface area (TPSA) is 54.0 Å². The zero-order valence-electron chi connectivity index (χ0n) is 15.2. The summed E-state index contributed by atoms with van der Waals surface area (Å²) >= 11 is 0. The first kappa shape index (κ1) is 22.9. The van der Waals surface area contributed by atoms with E-state index in [1.165, 1.54) is 31.4 Å². The molecule has 0 aliphatic heterocycles. The Labute approximate surface area is 166 Å². The zero-order valence-corrected chi connectivity index (χ0v) is 15.2. The van der Waals surface area contributed by atoms with Gasteiger partial charge in [-0.2, -0.15) is 26.3 Å². The Morgan fingerprint density at radius 3 is 2.03 bits per heavy atom. The number of carbonyl (C=O) groups excluding carboxylic acids is 1. The van der Waals surface area contributed by atoms with Crippen molar-refractivity contribution in [3.8, 4) is 23.0 Å². The molecule has 11 heteroatoms. The van der Waals surface area contributed by atoms with Gasteiger partial charge in [-0.1, -0.05) is 12.1 Å². The molecule has 0 aromatic heterocycles. The number of benzene rings is 2. The van der Waals surface area contributed by atoms with Crippen LogP contribution in [0.5, 0.6) is 23.0 Å². The smallest absolute Gasteiger partial charge is 0.387 e. The molecule has 0 spiro atoms. The lowest BCUT2D eigenvalue weighted by atomic mass is 10.1. The van der Waals surface area contributed by atoms with Crippen LogP contribution in [0.3, 0.4) is 0 Å². The van der Waals surface area contributed by atoms with E-state index >= 15 is 0 Å². The van der Waals surface area contributed by atoms with Crippen molar-refractivity contribution in [3.05, 3.63) is 53.6 Å². The Balaban J connectivity index is 2.26. The highest BCUT2D eigenvalue weighted by Crippen LogP contribution is 2.31. The first-order chi connectivity index (χ1) is 14.2. The maximum atomic E-state index is 12.6. The predicted octanol–water partition coefficient (Wildman–Crippen LogP) is 5.40. The van der Waals surface area contributed by atoms with Crippen molar-refractivity contribution in [2.24, 2.45) is 0 Å². The normalized spacial score (nSPS) is 11.4. The summed E-state index contributed by atoms with van der Waals surface area (Å²) in [7, 11) is 1.23. The third-order valence-electron chi connectivity index (χ3n) is 3.49. The van der Waals surface area contributed by atoms with Gasteiger partial charge in [-0.3, -0.25) is 4.79 Å². The SMILES string of the molecule is COc1cc(C=CC(=O)c2ccc(OC(F)F)cc2OC(F)F)ccc1OC(F)F. The molecule has 5 nitrogen and oxygen atoms in total. The largest absolute Gasteiger partial charge is 0.493 e. The molecule has 2 aromatic carbocycles. The number of alkyl halides is 6. The number of methoxy groups -OCH3 is 1. The van der Waals surface area contributed by atoms with Crippen LogP contribution in [0, 0.1) is 0 Å². The number of halogens is 6. The molecule has 0 unspecified atom stereocenters. The molecule has 30 heavy (non-hydrogen) atoms. The summed E-state index contributed by atoms with van der Waals surface area (Å²) < 4.78 is 92.0. The zero-order chi connectivity index (χ0) is 22.3. The van der Waals surface area contributed by atoms with E-state index in [1.807, 2.05) is 0 Å². The van der Waals surface area contributed by atoms with Gasteiger partial charge in [0.05, 0.1) is 12.7 Å². The Bertz CT molecular complexity index is 901. The van der Waals surface area contributed by atoms with Gasteiger partial charge in [-0.25, -0.2) is 0 Å². The molecule has 0 fully saturated rings. The van der Waals surface area contributed by atoms with Crippen molar-refractivity contribution in [1.82, 2.24) is 0 Å². The van der Waals surface area contributed by atoms with Gasteiger partial charge in [0.1, 0.15) is 11.5 Å². The van der Waals surface area contributed by atoms with E-state index in [9.17, 15) is 31.1 Å². The van der Waals surface area contributed by atoms with Crippen molar-refractivity contribution in [2.75, 3.05) is 7.11 Å². The fourth-order valence-electron chi connectivity index (χ4n) is 2.32. The van der Waals surface area contributed by atoms with E-state index in [-0.39, 0.29) is 17.1 Å². The van der Waals surface area contributed by atoms with Crippen LogP contribution in [-0.2, 0) is 0 Å². The first-order valence-corrected chi connectivity index (χ1v) is 8.08. The van der Waals surface area contributed by atoms with E-state index in [2.05, 4.69) is 14.2 Å². The fraction of sp³-hybridized carbons (Fsp3) is 0.211. The minimum absolute atomic E-state index is 0.0277. The molecule has 2 rings (SSSR count). The predicted molar refractivity (Wildman–Crippen MR) is 92.7 cm³/mol. The van der Waals surface area contributed by atoms with Crippen molar-refractivity contribution < 1.29 is 50.1 Å². The molecule has 0 N–H and O–H groups in total. The first-order valence-electron chi connectivity index (χ1n) is 8.08. The number of hydrogen-bond donors (Lipinski definition) is 0. The second kappa shape index (κ2) is 10.4. The quantitative estimate of drug-likeness (QED) is 0.284. The van der Waals surface area contributed by atoms with Crippen LogP contribution >= 0.6 is 0 Å². The van der Waals surface area contributed by atoms with Crippen LogP contribution in [0.25, 0.3) is 6.08 Å². The highest BCUT2D eigenvalue weighted by atomic mass is 19.3. The molecule has 0 saturated heterocycles. The van der Waals surface area contributed by atoms with Crippen LogP contribution in [0.15, 0.2) is 42.5 Å². The summed E-state index contributed by atoms with van der Waals surface area (Å²) in [6, 6.07) is 6.56. The lowest BCUT2D eigenvalue weighted by Crippen LogP contribution is -2.08. The molecule has 0 heterocycles. The van der Waals surface area contributed by atoms with Gasteiger partial charge < -0.3 is 18.9 Å². The van der Waals surface area contributed by atoms with Gasteiger partial charge in [-0.05, 0) is 35.9 Å². The van der Waals surface area contributed by atoms with Crippen LogP contribution in [0.4, 0.5) is 26.3 Å². The van der Waals surface area contributed by atoms with Gasteiger partial charge >= 0.3 is 19.8 Å². The van der Waals surface area contributed by atoms with Crippen molar-refractivity contribution in [1.29, 1.82) is 0 Å². The van der Waals surface area contributed by atoms with E-state index in [1.54, 1.807) is 0 Å². The Hall–Kier alpha value is -3.37. The second-order valence-corrected chi connectivity index (χ2v) is 5.40. The molecule has 0 amide bonds. The molecule has 0 atom stereocenters. The number of ether oxygens (including phenoxy) is 4. The van der Waals surface area contributed by atoms with Crippen LogP contribution in [0.2, 0.25) is 0 Å². The van der Waals surface area contributed by atoms with E-state index in [0.29, 0.717) is 5.56 Å². The average molecular weight is 436 g/mol. The summed E-state index contributed by atoms with van der Waals surface area (Å²) in [4.78, 5) is 12.4. The van der Waals surface area contributed by atoms with Crippen LogP contribution in [0.1, 0.15) is 15.9 Å².